The van der Waals surface area contributed by atoms with Crippen LogP contribution in [0, 0.1) is 11.8 Å². The van der Waals surface area contributed by atoms with E-state index in [0.717, 1.165) is 11.1 Å². The predicted octanol–water partition coefficient (Wildman–Crippen LogP) is 3.39. The van der Waals surface area contributed by atoms with Crippen LogP contribution in [0.5, 0.6) is 0 Å². The van der Waals surface area contributed by atoms with Crippen LogP contribution in [0.4, 0.5) is 13.2 Å². The van der Waals surface area contributed by atoms with Gasteiger partial charge in [0.25, 0.3) is 0 Å². The van der Waals surface area contributed by atoms with E-state index in [2.05, 4.69) is 0 Å². The average molecular weight is 355 g/mol. The lowest BCUT2D eigenvalue weighted by molar-refractivity contribution is -0.188. The zero-order chi connectivity index (χ0) is 18.2. The number of fused-ring (bicyclic) bond motifs is 1. The van der Waals surface area contributed by atoms with Crippen LogP contribution in [-0.4, -0.2) is 34.1 Å². The maximum Gasteiger partial charge on any atom is 0.391 e. The Bertz CT molecular complexity index is 674. The van der Waals surface area contributed by atoms with E-state index in [1.165, 1.54) is 4.90 Å². The maximum atomic E-state index is 13.0. The van der Waals surface area contributed by atoms with Gasteiger partial charge in [-0.1, -0.05) is 30.7 Å². The molecular formula is C18H20F3NO3. The molecule has 1 amide bonds. The summed E-state index contributed by atoms with van der Waals surface area (Å²) in [6.07, 6.45) is -3.60. The van der Waals surface area contributed by atoms with Crippen LogP contribution in [0.25, 0.3) is 0 Å². The minimum Gasteiger partial charge on any atom is -0.480 e. The van der Waals surface area contributed by atoms with Gasteiger partial charge in [-0.25, -0.2) is 4.79 Å². The van der Waals surface area contributed by atoms with Crippen molar-refractivity contribution >= 4 is 11.9 Å². The third-order valence-electron chi connectivity index (χ3n) is 5.30. The van der Waals surface area contributed by atoms with Gasteiger partial charge in [0.2, 0.25) is 5.91 Å². The summed E-state index contributed by atoms with van der Waals surface area (Å²) in [5.74, 6) is -3.81. The Morgan fingerprint density at radius 1 is 1.12 bits per heavy atom. The van der Waals surface area contributed by atoms with E-state index in [9.17, 15) is 27.9 Å². The number of nitrogens with zero attached hydrogens (tertiary/aromatic N) is 1. The Morgan fingerprint density at radius 2 is 1.80 bits per heavy atom. The molecule has 2 aliphatic rings. The van der Waals surface area contributed by atoms with E-state index < -0.39 is 35.9 Å². The SMILES string of the molecule is O=C(O)C1Cc2ccccc2CN1C(=O)C1CCCC(C(F)(F)F)C1. The van der Waals surface area contributed by atoms with Gasteiger partial charge in [0.05, 0.1) is 5.92 Å². The molecule has 1 fully saturated rings. The van der Waals surface area contributed by atoms with Gasteiger partial charge in [-0.05, 0) is 30.4 Å². The maximum absolute atomic E-state index is 13.0. The van der Waals surface area contributed by atoms with Crippen molar-refractivity contribution < 1.29 is 27.9 Å². The van der Waals surface area contributed by atoms with Crippen LogP contribution in [0.15, 0.2) is 24.3 Å². The molecule has 0 radical (unpaired) electrons. The minimum absolute atomic E-state index is 0.0402. The number of alkyl halides is 3. The fraction of sp³-hybridized carbons (Fsp3) is 0.556. The second kappa shape index (κ2) is 6.69. The first kappa shape index (κ1) is 17.8. The fourth-order valence-corrected chi connectivity index (χ4v) is 3.92. The number of hydrogen-bond donors (Lipinski definition) is 1. The molecule has 1 heterocycles. The topological polar surface area (TPSA) is 57.6 Å². The summed E-state index contributed by atoms with van der Waals surface area (Å²) >= 11 is 0. The van der Waals surface area contributed by atoms with Crippen molar-refractivity contribution in [3.8, 4) is 0 Å². The smallest absolute Gasteiger partial charge is 0.391 e. The van der Waals surface area contributed by atoms with E-state index in [-0.39, 0.29) is 25.8 Å². The molecule has 7 heteroatoms. The molecule has 1 aromatic rings. The number of carboxylic acids is 1. The first-order valence-electron chi connectivity index (χ1n) is 8.44. The largest absolute Gasteiger partial charge is 0.480 e. The normalized spacial score (nSPS) is 26.8. The molecule has 1 aliphatic carbocycles. The summed E-state index contributed by atoms with van der Waals surface area (Å²) < 4.78 is 39.0. The van der Waals surface area contributed by atoms with E-state index >= 15 is 0 Å². The number of carbonyl (C=O) groups is 2. The average Bonchev–Trinajstić information content (AvgIpc) is 2.59. The first-order valence-corrected chi connectivity index (χ1v) is 8.44. The molecule has 1 saturated carbocycles. The van der Waals surface area contributed by atoms with Crippen LogP contribution in [0.1, 0.15) is 36.8 Å². The Balaban J connectivity index is 1.81. The van der Waals surface area contributed by atoms with Crippen molar-refractivity contribution in [1.29, 1.82) is 0 Å². The van der Waals surface area contributed by atoms with Crippen molar-refractivity contribution in [1.82, 2.24) is 4.90 Å². The highest BCUT2D eigenvalue weighted by molar-refractivity contribution is 5.86. The number of amides is 1. The van der Waals surface area contributed by atoms with Gasteiger partial charge in [0, 0.05) is 18.9 Å². The van der Waals surface area contributed by atoms with Crippen molar-refractivity contribution in [3.05, 3.63) is 35.4 Å². The number of carbonyl (C=O) groups excluding carboxylic acids is 1. The molecule has 1 N–H and O–H groups in total. The van der Waals surface area contributed by atoms with Gasteiger partial charge < -0.3 is 10.0 Å². The second-order valence-corrected chi connectivity index (χ2v) is 6.90. The van der Waals surface area contributed by atoms with Crippen LogP contribution >= 0.6 is 0 Å². The number of aliphatic carboxylic acids is 1. The summed E-state index contributed by atoms with van der Waals surface area (Å²) in [5, 5.41) is 9.49. The molecule has 3 atom stereocenters. The lowest BCUT2D eigenvalue weighted by Crippen LogP contribution is -2.51. The standard InChI is InChI=1S/C18H20F3NO3/c19-18(20,21)14-7-3-6-12(8-14)16(23)22-10-13-5-2-1-4-11(13)9-15(22)17(24)25/h1-2,4-5,12,14-15H,3,6-10H2,(H,24,25). The van der Waals surface area contributed by atoms with E-state index in [1.54, 1.807) is 0 Å². The lowest BCUT2D eigenvalue weighted by Gasteiger charge is -2.38. The van der Waals surface area contributed by atoms with Gasteiger partial charge >= 0.3 is 12.1 Å². The highest BCUT2D eigenvalue weighted by Gasteiger charge is 2.45. The molecule has 25 heavy (non-hydrogen) atoms. The number of carboxylic acid groups (broad SMARTS) is 1. The molecule has 136 valence electrons. The molecule has 3 unspecified atom stereocenters. The molecule has 0 aromatic heterocycles. The monoisotopic (exact) mass is 355 g/mol. The number of benzene rings is 1. The first-order chi connectivity index (χ1) is 11.8. The van der Waals surface area contributed by atoms with E-state index in [0.29, 0.717) is 12.8 Å². The van der Waals surface area contributed by atoms with Gasteiger partial charge in [-0.15, -0.1) is 0 Å². The van der Waals surface area contributed by atoms with Crippen molar-refractivity contribution in [3.63, 3.8) is 0 Å². The van der Waals surface area contributed by atoms with Crippen molar-refractivity contribution in [2.75, 3.05) is 0 Å². The van der Waals surface area contributed by atoms with Crippen LogP contribution in [-0.2, 0) is 22.6 Å². The zero-order valence-corrected chi connectivity index (χ0v) is 13.6. The summed E-state index contributed by atoms with van der Waals surface area (Å²) in [6.45, 7) is 0.138. The quantitative estimate of drug-likeness (QED) is 0.885. The number of rotatable bonds is 2. The third-order valence-corrected chi connectivity index (χ3v) is 5.30. The summed E-state index contributed by atoms with van der Waals surface area (Å²) in [4.78, 5) is 25.7. The molecule has 0 bridgehead atoms. The third kappa shape index (κ3) is 3.65. The van der Waals surface area contributed by atoms with Crippen molar-refractivity contribution in [2.45, 2.75) is 50.9 Å². The van der Waals surface area contributed by atoms with Crippen LogP contribution in [0.3, 0.4) is 0 Å². The molecule has 0 spiro atoms. The van der Waals surface area contributed by atoms with Crippen LogP contribution in [0.2, 0.25) is 0 Å². The predicted molar refractivity (Wildman–Crippen MR) is 83.6 cm³/mol. The summed E-state index contributed by atoms with van der Waals surface area (Å²) in [7, 11) is 0. The number of halogens is 3. The Labute approximate surface area is 143 Å². The molecule has 3 rings (SSSR count). The Hall–Kier alpha value is -2.05. The Morgan fingerprint density at radius 3 is 2.44 bits per heavy atom. The summed E-state index contributed by atoms with van der Waals surface area (Å²) in [6, 6.07) is 6.25. The van der Waals surface area contributed by atoms with Gasteiger partial charge in [0.1, 0.15) is 6.04 Å². The fourth-order valence-electron chi connectivity index (χ4n) is 3.92. The van der Waals surface area contributed by atoms with Gasteiger partial charge in [-0.2, -0.15) is 13.2 Å². The minimum atomic E-state index is -4.31. The molecular weight excluding hydrogens is 335 g/mol. The highest BCUT2D eigenvalue weighted by atomic mass is 19.4. The number of hydrogen-bond acceptors (Lipinski definition) is 2. The Kier molecular flexibility index (Phi) is 4.75. The summed E-state index contributed by atoms with van der Waals surface area (Å²) in [5.41, 5.74) is 1.73. The highest BCUT2D eigenvalue weighted by Crippen LogP contribution is 2.41. The van der Waals surface area contributed by atoms with E-state index in [1.807, 2.05) is 24.3 Å². The van der Waals surface area contributed by atoms with Crippen LogP contribution < -0.4 is 0 Å². The lowest BCUT2D eigenvalue weighted by atomic mass is 9.79. The molecule has 1 aromatic carbocycles. The second-order valence-electron chi connectivity index (χ2n) is 6.90. The van der Waals surface area contributed by atoms with E-state index in [4.69, 9.17) is 0 Å². The zero-order valence-electron chi connectivity index (χ0n) is 13.6. The van der Waals surface area contributed by atoms with Crippen molar-refractivity contribution in [2.24, 2.45) is 11.8 Å². The molecule has 4 nitrogen and oxygen atoms in total. The molecule has 1 aliphatic heterocycles. The van der Waals surface area contributed by atoms with Gasteiger partial charge in [-0.3, -0.25) is 4.79 Å². The van der Waals surface area contributed by atoms with Gasteiger partial charge in [0.15, 0.2) is 0 Å². The molecule has 0 saturated heterocycles.